The van der Waals surface area contributed by atoms with Crippen LogP contribution in [0.3, 0.4) is 0 Å². The number of aryl methyl sites for hydroxylation is 2. The molecule has 0 aromatic heterocycles. The van der Waals surface area contributed by atoms with E-state index in [0.717, 1.165) is 27.3 Å². The van der Waals surface area contributed by atoms with Crippen molar-refractivity contribution >= 4 is 27.5 Å². The lowest BCUT2D eigenvalue weighted by Gasteiger charge is -2.33. The van der Waals surface area contributed by atoms with Crippen LogP contribution in [0.2, 0.25) is 0 Å². The summed E-state index contributed by atoms with van der Waals surface area (Å²) in [5.41, 5.74) is 2.98. The number of anilines is 1. The fourth-order valence-electron chi connectivity index (χ4n) is 3.81. The molecule has 0 aliphatic carbocycles. The number of rotatable bonds is 11. The van der Waals surface area contributed by atoms with Crippen molar-refractivity contribution < 1.29 is 22.7 Å². The van der Waals surface area contributed by atoms with Gasteiger partial charge in [-0.3, -0.25) is 13.9 Å². The van der Waals surface area contributed by atoms with Crippen molar-refractivity contribution in [3.05, 3.63) is 59.2 Å². The van der Waals surface area contributed by atoms with E-state index in [4.69, 9.17) is 4.74 Å². The molecule has 2 aromatic carbocycles. The monoisotopic (exact) mass is 489 g/mol. The summed E-state index contributed by atoms with van der Waals surface area (Å²) >= 11 is 0. The highest BCUT2D eigenvalue weighted by molar-refractivity contribution is 7.92. The summed E-state index contributed by atoms with van der Waals surface area (Å²) in [5.74, 6) is -0.413. The quantitative estimate of drug-likeness (QED) is 0.523. The van der Waals surface area contributed by atoms with Crippen LogP contribution in [0.4, 0.5) is 5.69 Å². The first-order valence-corrected chi connectivity index (χ1v) is 13.1. The SMILES string of the molecule is CCNC(=O)C(CC)N(Cc1cccc(C)c1)C(=O)CN(c1cc(C)ccc1OC)S(C)(=O)=O. The van der Waals surface area contributed by atoms with Gasteiger partial charge in [-0.1, -0.05) is 42.8 Å². The first-order valence-electron chi connectivity index (χ1n) is 11.3. The molecule has 0 saturated carbocycles. The smallest absolute Gasteiger partial charge is 0.244 e. The second-order valence-corrected chi connectivity index (χ2v) is 10.2. The van der Waals surface area contributed by atoms with E-state index in [0.29, 0.717) is 18.7 Å². The van der Waals surface area contributed by atoms with Crippen molar-refractivity contribution in [1.29, 1.82) is 0 Å². The fourth-order valence-corrected chi connectivity index (χ4v) is 4.65. The molecule has 1 atom stereocenters. The van der Waals surface area contributed by atoms with E-state index in [9.17, 15) is 18.0 Å². The van der Waals surface area contributed by atoms with Gasteiger partial charge in [0.05, 0.1) is 19.1 Å². The minimum atomic E-state index is -3.83. The number of carbonyl (C=O) groups excluding carboxylic acids is 2. The van der Waals surface area contributed by atoms with Gasteiger partial charge < -0.3 is 15.0 Å². The standard InChI is InChI=1S/C25H35N3O5S/c1-7-21(25(30)26-8-2)27(16-20-11-9-10-18(3)14-20)24(29)17-28(34(6,31)32)22-15-19(4)12-13-23(22)33-5/h9-15,21H,7-8,16-17H2,1-6H3,(H,26,30). The molecule has 34 heavy (non-hydrogen) atoms. The topological polar surface area (TPSA) is 96.0 Å². The number of nitrogens with one attached hydrogen (secondary N) is 1. The maximum atomic E-state index is 13.7. The number of sulfonamides is 1. The zero-order valence-corrected chi connectivity index (χ0v) is 21.6. The predicted octanol–water partition coefficient (Wildman–Crippen LogP) is 3.02. The number of likely N-dealkylation sites (N-methyl/N-ethyl adjacent to an activating group) is 1. The Morgan fingerprint density at radius 2 is 1.74 bits per heavy atom. The van der Waals surface area contributed by atoms with E-state index in [1.54, 1.807) is 18.2 Å². The van der Waals surface area contributed by atoms with E-state index in [1.807, 2.05) is 52.0 Å². The van der Waals surface area contributed by atoms with Crippen molar-refractivity contribution in [3.63, 3.8) is 0 Å². The van der Waals surface area contributed by atoms with Crippen LogP contribution in [0.5, 0.6) is 5.75 Å². The maximum Gasteiger partial charge on any atom is 0.244 e. The van der Waals surface area contributed by atoms with Gasteiger partial charge in [-0.2, -0.15) is 0 Å². The van der Waals surface area contributed by atoms with Crippen LogP contribution in [0.15, 0.2) is 42.5 Å². The minimum Gasteiger partial charge on any atom is -0.495 e. The first-order chi connectivity index (χ1) is 16.0. The van der Waals surface area contributed by atoms with Crippen molar-refractivity contribution in [2.24, 2.45) is 0 Å². The molecule has 0 bridgehead atoms. The Morgan fingerprint density at radius 1 is 1.06 bits per heavy atom. The summed E-state index contributed by atoms with van der Waals surface area (Å²) in [6.45, 7) is 7.57. The third-order valence-corrected chi connectivity index (χ3v) is 6.58. The number of carbonyl (C=O) groups is 2. The third-order valence-electron chi connectivity index (χ3n) is 5.45. The summed E-state index contributed by atoms with van der Waals surface area (Å²) in [6, 6.07) is 12.1. The molecule has 0 saturated heterocycles. The molecule has 0 radical (unpaired) electrons. The molecule has 2 rings (SSSR count). The number of hydrogen-bond donors (Lipinski definition) is 1. The van der Waals surface area contributed by atoms with E-state index < -0.39 is 28.5 Å². The van der Waals surface area contributed by atoms with Crippen LogP contribution in [-0.2, 0) is 26.2 Å². The molecule has 2 amide bonds. The Morgan fingerprint density at radius 3 is 2.29 bits per heavy atom. The lowest BCUT2D eigenvalue weighted by atomic mass is 10.1. The fraction of sp³-hybridized carbons (Fsp3) is 0.440. The van der Waals surface area contributed by atoms with Gasteiger partial charge in [0.1, 0.15) is 18.3 Å². The maximum absolute atomic E-state index is 13.7. The second kappa shape index (κ2) is 11.9. The Hall–Kier alpha value is -3.07. The number of nitrogens with zero attached hydrogens (tertiary/aromatic N) is 2. The van der Waals surface area contributed by atoms with Gasteiger partial charge in [-0.05, 0) is 50.5 Å². The zero-order chi connectivity index (χ0) is 25.5. The van der Waals surface area contributed by atoms with Crippen molar-refractivity contribution in [2.75, 3.05) is 30.8 Å². The normalized spacial score (nSPS) is 12.1. The molecule has 0 fully saturated rings. The van der Waals surface area contributed by atoms with Gasteiger partial charge in [0, 0.05) is 13.1 Å². The van der Waals surface area contributed by atoms with Crippen LogP contribution >= 0.6 is 0 Å². The lowest BCUT2D eigenvalue weighted by molar-refractivity contribution is -0.140. The molecule has 1 N–H and O–H groups in total. The third kappa shape index (κ3) is 6.96. The molecule has 0 spiro atoms. The van der Waals surface area contributed by atoms with Crippen LogP contribution in [-0.4, -0.2) is 57.6 Å². The number of amides is 2. The molecule has 1 unspecified atom stereocenters. The number of ether oxygens (including phenoxy) is 1. The van der Waals surface area contributed by atoms with Crippen LogP contribution < -0.4 is 14.4 Å². The van der Waals surface area contributed by atoms with Crippen molar-refractivity contribution in [2.45, 2.75) is 46.7 Å². The van der Waals surface area contributed by atoms with Crippen molar-refractivity contribution in [1.82, 2.24) is 10.2 Å². The zero-order valence-electron chi connectivity index (χ0n) is 20.8. The van der Waals surface area contributed by atoms with E-state index >= 15 is 0 Å². The molecule has 186 valence electrons. The lowest BCUT2D eigenvalue weighted by Crippen LogP contribution is -2.52. The van der Waals surface area contributed by atoms with Gasteiger partial charge in [0.15, 0.2) is 0 Å². The van der Waals surface area contributed by atoms with E-state index in [-0.39, 0.29) is 18.1 Å². The van der Waals surface area contributed by atoms with Gasteiger partial charge in [-0.15, -0.1) is 0 Å². The van der Waals surface area contributed by atoms with E-state index in [2.05, 4.69) is 5.32 Å². The van der Waals surface area contributed by atoms with Gasteiger partial charge in [0.25, 0.3) is 0 Å². The van der Waals surface area contributed by atoms with Crippen LogP contribution in [0.1, 0.15) is 37.0 Å². The first kappa shape index (κ1) is 27.2. The predicted molar refractivity (Wildman–Crippen MR) is 134 cm³/mol. The van der Waals surface area contributed by atoms with Gasteiger partial charge in [0.2, 0.25) is 21.8 Å². The summed E-state index contributed by atoms with van der Waals surface area (Å²) in [7, 11) is -2.39. The minimum absolute atomic E-state index is 0.179. The molecule has 9 heteroatoms. The Balaban J connectivity index is 2.51. The van der Waals surface area contributed by atoms with Crippen molar-refractivity contribution in [3.8, 4) is 5.75 Å². The molecular weight excluding hydrogens is 454 g/mol. The second-order valence-electron chi connectivity index (χ2n) is 8.27. The number of hydrogen-bond acceptors (Lipinski definition) is 5. The van der Waals surface area contributed by atoms with E-state index in [1.165, 1.54) is 12.0 Å². The molecule has 0 aliphatic rings. The average Bonchev–Trinajstić information content (AvgIpc) is 2.76. The summed E-state index contributed by atoms with van der Waals surface area (Å²) in [5, 5.41) is 2.79. The number of methoxy groups -OCH3 is 1. The highest BCUT2D eigenvalue weighted by Gasteiger charge is 2.32. The largest absolute Gasteiger partial charge is 0.495 e. The van der Waals surface area contributed by atoms with Gasteiger partial charge in [-0.25, -0.2) is 8.42 Å². The summed E-state index contributed by atoms with van der Waals surface area (Å²) in [6.07, 6.45) is 1.43. The Labute approximate surface area is 202 Å². The van der Waals surface area contributed by atoms with Gasteiger partial charge >= 0.3 is 0 Å². The Bertz CT molecular complexity index is 1120. The highest BCUT2D eigenvalue weighted by atomic mass is 32.2. The van der Waals surface area contributed by atoms with Crippen LogP contribution in [0.25, 0.3) is 0 Å². The highest BCUT2D eigenvalue weighted by Crippen LogP contribution is 2.31. The number of benzene rings is 2. The summed E-state index contributed by atoms with van der Waals surface area (Å²) in [4.78, 5) is 27.9. The molecule has 0 aliphatic heterocycles. The average molecular weight is 490 g/mol. The Kier molecular flexibility index (Phi) is 9.49. The molecule has 2 aromatic rings. The van der Waals surface area contributed by atoms with Crippen LogP contribution in [0, 0.1) is 13.8 Å². The summed E-state index contributed by atoms with van der Waals surface area (Å²) < 4.78 is 31.9. The molecule has 8 nitrogen and oxygen atoms in total. The molecular formula is C25H35N3O5S. The molecule has 0 heterocycles.